The highest BCUT2D eigenvalue weighted by atomic mass is 16.1. The van der Waals surface area contributed by atoms with Crippen molar-refractivity contribution in [2.24, 2.45) is 11.7 Å². The third-order valence-corrected chi connectivity index (χ3v) is 2.32. The minimum absolute atomic E-state index is 0.179. The van der Waals surface area contributed by atoms with Gasteiger partial charge in [0.05, 0.1) is 6.54 Å². The van der Waals surface area contributed by atoms with Crippen LogP contribution in [0, 0.1) is 5.92 Å². The fraction of sp³-hybridized carbons (Fsp3) is 0.417. The molecule has 0 saturated heterocycles. The van der Waals surface area contributed by atoms with E-state index in [0.29, 0.717) is 5.92 Å². The molecule has 1 aromatic carbocycles. The number of primary amides is 1. The first-order chi connectivity index (χ1) is 7.11. The van der Waals surface area contributed by atoms with E-state index in [1.54, 1.807) is 0 Å². The summed E-state index contributed by atoms with van der Waals surface area (Å²) in [6.45, 7) is 4.45. The molecule has 0 aliphatic rings. The summed E-state index contributed by atoms with van der Waals surface area (Å²) in [5.41, 5.74) is 6.31. The predicted molar refractivity (Wildman–Crippen MR) is 61.2 cm³/mol. The van der Waals surface area contributed by atoms with Gasteiger partial charge in [0.15, 0.2) is 0 Å². The van der Waals surface area contributed by atoms with Crippen molar-refractivity contribution >= 4 is 5.91 Å². The van der Waals surface area contributed by atoms with Crippen molar-refractivity contribution in [2.45, 2.75) is 19.9 Å². The first-order valence-corrected chi connectivity index (χ1v) is 5.18. The minimum Gasteiger partial charge on any atom is -0.369 e. The van der Waals surface area contributed by atoms with E-state index >= 15 is 0 Å². The largest absolute Gasteiger partial charge is 0.369 e. The highest BCUT2D eigenvalue weighted by molar-refractivity contribution is 5.75. The Kier molecular flexibility index (Phi) is 4.31. The van der Waals surface area contributed by atoms with E-state index in [9.17, 15) is 4.79 Å². The molecule has 0 aliphatic heterocycles. The van der Waals surface area contributed by atoms with Gasteiger partial charge in [-0.3, -0.25) is 4.79 Å². The maximum atomic E-state index is 10.7. The maximum absolute atomic E-state index is 10.7. The third-order valence-electron chi connectivity index (χ3n) is 2.32. The molecule has 3 nitrogen and oxygen atoms in total. The van der Waals surface area contributed by atoms with Gasteiger partial charge in [-0.1, -0.05) is 44.2 Å². The number of carbonyl (C=O) groups excluding carboxylic acids is 1. The molecule has 0 radical (unpaired) electrons. The van der Waals surface area contributed by atoms with Crippen molar-refractivity contribution < 1.29 is 4.79 Å². The lowest BCUT2D eigenvalue weighted by atomic mass is 9.96. The lowest BCUT2D eigenvalue weighted by Crippen LogP contribution is -2.34. The lowest BCUT2D eigenvalue weighted by Gasteiger charge is -2.22. The summed E-state index contributed by atoms with van der Waals surface area (Å²) in [6, 6.07) is 10.3. The number of amides is 1. The molecule has 1 atom stereocenters. The SMILES string of the molecule is CC(C)[C@@H](NCC(N)=O)c1ccccc1. The Balaban J connectivity index is 2.70. The van der Waals surface area contributed by atoms with E-state index in [2.05, 4.69) is 31.3 Å². The number of nitrogens with one attached hydrogen (secondary N) is 1. The number of hydrogen-bond donors (Lipinski definition) is 2. The van der Waals surface area contributed by atoms with Crippen LogP contribution in [0.3, 0.4) is 0 Å². The molecular weight excluding hydrogens is 188 g/mol. The van der Waals surface area contributed by atoms with Crippen LogP contribution in [0.4, 0.5) is 0 Å². The van der Waals surface area contributed by atoms with E-state index in [4.69, 9.17) is 5.73 Å². The van der Waals surface area contributed by atoms with Crippen molar-refractivity contribution in [1.29, 1.82) is 0 Å². The molecule has 1 rings (SSSR count). The van der Waals surface area contributed by atoms with Gasteiger partial charge in [0.2, 0.25) is 5.91 Å². The van der Waals surface area contributed by atoms with Crippen LogP contribution >= 0.6 is 0 Å². The molecule has 0 aliphatic carbocycles. The average molecular weight is 206 g/mol. The summed E-state index contributed by atoms with van der Waals surface area (Å²) in [7, 11) is 0. The summed E-state index contributed by atoms with van der Waals surface area (Å²) >= 11 is 0. The first-order valence-electron chi connectivity index (χ1n) is 5.18. The Labute approximate surface area is 90.7 Å². The summed E-state index contributed by atoms with van der Waals surface area (Å²) in [4.78, 5) is 10.7. The molecule has 0 aromatic heterocycles. The number of hydrogen-bond acceptors (Lipinski definition) is 2. The summed E-state index contributed by atoms with van der Waals surface area (Å²) < 4.78 is 0. The Morgan fingerprint density at radius 1 is 1.33 bits per heavy atom. The number of benzene rings is 1. The van der Waals surface area contributed by atoms with Crippen LogP contribution in [-0.2, 0) is 4.79 Å². The summed E-state index contributed by atoms with van der Waals surface area (Å²) in [5.74, 6) is 0.100. The molecule has 15 heavy (non-hydrogen) atoms. The Bertz CT molecular complexity index is 309. The van der Waals surface area contributed by atoms with Gasteiger partial charge in [-0.05, 0) is 11.5 Å². The van der Waals surface area contributed by atoms with Crippen LogP contribution in [0.25, 0.3) is 0 Å². The van der Waals surface area contributed by atoms with Crippen LogP contribution in [0.5, 0.6) is 0 Å². The number of carbonyl (C=O) groups is 1. The van der Waals surface area contributed by atoms with Crippen molar-refractivity contribution in [1.82, 2.24) is 5.32 Å². The van der Waals surface area contributed by atoms with Crippen LogP contribution in [-0.4, -0.2) is 12.5 Å². The topological polar surface area (TPSA) is 55.1 Å². The van der Waals surface area contributed by atoms with E-state index in [1.807, 2.05) is 18.2 Å². The zero-order valence-electron chi connectivity index (χ0n) is 9.23. The maximum Gasteiger partial charge on any atom is 0.231 e. The fourth-order valence-electron chi connectivity index (χ4n) is 1.61. The molecule has 0 saturated carbocycles. The second kappa shape index (κ2) is 5.51. The second-order valence-electron chi connectivity index (χ2n) is 3.98. The Morgan fingerprint density at radius 3 is 2.40 bits per heavy atom. The van der Waals surface area contributed by atoms with Crippen molar-refractivity contribution in [2.75, 3.05) is 6.54 Å². The summed E-state index contributed by atoms with van der Waals surface area (Å²) in [6.07, 6.45) is 0. The van der Waals surface area contributed by atoms with Crippen molar-refractivity contribution in [3.8, 4) is 0 Å². The Morgan fingerprint density at radius 2 is 1.93 bits per heavy atom. The van der Waals surface area contributed by atoms with Gasteiger partial charge in [0, 0.05) is 6.04 Å². The molecule has 1 aromatic rings. The molecule has 0 heterocycles. The molecule has 0 bridgehead atoms. The first kappa shape index (κ1) is 11.7. The quantitative estimate of drug-likeness (QED) is 0.766. The van der Waals surface area contributed by atoms with Gasteiger partial charge in [-0.25, -0.2) is 0 Å². The molecule has 1 amide bonds. The van der Waals surface area contributed by atoms with Crippen LogP contribution in [0.15, 0.2) is 30.3 Å². The molecule has 3 N–H and O–H groups in total. The van der Waals surface area contributed by atoms with Crippen LogP contribution < -0.4 is 11.1 Å². The third kappa shape index (κ3) is 3.72. The average Bonchev–Trinajstić information content (AvgIpc) is 2.18. The van der Waals surface area contributed by atoms with E-state index < -0.39 is 0 Å². The minimum atomic E-state index is -0.323. The standard InChI is InChI=1S/C12H18N2O/c1-9(2)12(14-8-11(13)15)10-6-4-3-5-7-10/h3-7,9,12,14H,8H2,1-2H3,(H2,13,15)/t12-/m1/s1. The highest BCUT2D eigenvalue weighted by Gasteiger charge is 2.14. The normalized spacial score (nSPS) is 12.7. The van der Waals surface area contributed by atoms with Gasteiger partial charge in [-0.15, -0.1) is 0 Å². The number of rotatable bonds is 5. The predicted octanol–water partition coefficient (Wildman–Crippen LogP) is 1.46. The fourth-order valence-corrected chi connectivity index (χ4v) is 1.61. The van der Waals surface area contributed by atoms with Crippen molar-refractivity contribution in [3.05, 3.63) is 35.9 Å². The molecule has 0 fully saturated rings. The zero-order valence-corrected chi connectivity index (χ0v) is 9.23. The molecule has 0 unspecified atom stereocenters. The molecule has 82 valence electrons. The molecular formula is C12H18N2O. The van der Waals surface area contributed by atoms with Gasteiger partial charge < -0.3 is 11.1 Å². The van der Waals surface area contributed by atoms with Crippen LogP contribution in [0.2, 0.25) is 0 Å². The van der Waals surface area contributed by atoms with Gasteiger partial charge in [-0.2, -0.15) is 0 Å². The van der Waals surface area contributed by atoms with Gasteiger partial charge >= 0.3 is 0 Å². The van der Waals surface area contributed by atoms with Crippen LogP contribution in [0.1, 0.15) is 25.5 Å². The van der Waals surface area contributed by atoms with E-state index in [0.717, 1.165) is 0 Å². The summed E-state index contributed by atoms with van der Waals surface area (Å²) in [5, 5.41) is 3.16. The highest BCUT2D eigenvalue weighted by Crippen LogP contribution is 2.20. The second-order valence-corrected chi connectivity index (χ2v) is 3.98. The number of nitrogens with two attached hydrogens (primary N) is 1. The lowest BCUT2D eigenvalue weighted by molar-refractivity contribution is -0.117. The smallest absolute Gasteiger partial charge is 0.231 e. The van der Waals surface area contributed by atoms with Gasteiger partial charge in [0.25, 0.3) is 0 Å². The van der Waals surface area contributed by atoms with E-state index in [-0.39, 0.29) is 18.5 Å². The monoisotopic (exact) mass is 206 g/mol. The van der Waals surface area contributed by atoms with Gasteiger partial charge in [0.1, 0.15) is 0 Å². The zero-order chi connectivity index (χ0) is 11.3. The molecule has 3 heteroatoms. The Hall–Kier alpha value is -1.35. The van der Waals surface area contributed by atoms with E-state index in [1.165, 1.54) is 5.56 Å². The van der Waals surface area contributed by atoms with Crippen molar-refractivity contribution in [3.63, 3.8) is 0 Å². The molecule has 0 spiro atoms.